The summed E-state index contributed by atoms with van der Waals surface area (Å²) in [6.45, 7) is 7.74. The van der Waals surface area contributed by atoms with Crippen LogP contribution in [0, 0.1) is 11.8 Å². The average Bonchev–Trinajstić information content (AvgIpc) is 2.83. The smallest absolute Gasteiger partial charge is 0.122 e. The predicted molar refractivity (Wildman–Crippen MR) is 80.0 cm³/mol. The van der Waals surface area contributed by atoms with Crippen LogP contribution in [0.15, 0.2) is 12.4 Å². The van der Waals surface area contributed by atoms with Gasteiger partial charge in [0.25, 0.3) is 0 Å². The molecule has 2 atom stereocenters. The first-order valence-electron chi connectivity index (χ1n) is 8.00. The first kappa shape index (κ1) is 14.6. The molecular formula is C16H29N3. The van der Waals surface area contributed by atoms with Crippen molar-refractivity contribution >= 4 is 0 Å². The molecule has 1 aliphatic rings. The Kier molecular flexibility index (Phi) is 5.90. The van der Waals surface area contributed by atoms with Gasteiger partial charge in [0.1, 0.15) is 5.82 Å². The number of aromatic nitrogens is 2. The second-order valence-electron chi connectivity index (χ2n) is 6.14. The van der Waals surface area contributed by atoms with Crippen LogP contribution in [-0.2, 0) is 13.1 Å². The monoisotopic (exact) mass is 263 g/mol. The molecule has 2 rings (SSSR count). The lowest BCUT2D eigenvalue weighted by Crippen LogP contribution is -2.22. The molecule has 1 fully saturated rings. The molecule has 0 aliphatic heterocycles. The summed E-state index contributed by atoms with van der Waals surface area (Å²) < 4.78 is 2.26. The van der Waals surface area contributed by atoms with Crippen molar-refractivity contribution in [3.8, 4) is 0 Å². The SMILES string of the molecule is CCCn1ccnc1CNCCC1CCCC(C)C1. The molecule has 0 spiro atoms. The first-order chi connectivity index (χ1) is 9.29. The van der Waals surface area contributed by atoms with Gasteiger partial charge in [-0.2, -0.15) is 0 Å². The van der Waals surface area contributed by atoms with Crippen LogP contribution in [0.1, 0.15) is 58.2 Å². The summed E-state index contributed by atoms with van der Waals surface area (Å²) in [5, 5.41) is 3.57. The minimum Gasteiger partial charge on any atom is -0.334 e. The van der Waals surface area contributed by atoms with Crippen molar-refractivity contribution < 1.29 is 0 Å². The van der Waals surface area contributed by atoms with Gasteiger partial charge < -0.3 is 9.88 Å². The number of imidazole rings is 1. The molecule has 1 N–H and O–H groups in total. The Bertz CT molecular complexity index is 359. The van der Waals surface area contributed by atoms with E-state index in [0.29, 0.717) is 0 Å². The second-order valence-corrected chi connectivity index (χ2v) is 6.14. The van der Waals surface area contributed by atoms with E-state index in [2.05, 4.69) is 34.9 Å². The van der Waals surface area contributed by atoms with E-state index in [0.717, 1.165) is 31.5 Å². The number of nitrogens with zero attached hydrogens (tertiary/aromatic N) is 2. The highest BCUT2D eigenvalue weighted by Gasteiger charge is 2.18. The van der Waals surface area contributed by atoms with Crippen LogP contribution < -0.4 is 5.32 Å². The summed E-state index contributed by atoms with van der Waals surface area (Å²) in [6.07, 6.45) is 12.3. The summed E-state index contributed by atoms with van der Waals surface area (Å²) in [5.74, 6) is 3.08. The van der Waals surface area contributed by atoms with E-state index in [4.69, 9.17) is 0 Å². The van der Waals surface area contributed by atoms with E-state index in [-0.39, 0.29) is 0 Å². The van der Waals surface area contributed by atoms with Crippen molar-refractivity contribution in [2.75, 3.05) is 6.54 Å². The number of hydrogen-bond donors (Lipinski definition) is 1. The molecule has 0 bridgehead atoms. The highest BCUT2D eigenvalue weighted by Crippen LogP contribution is 2.30. The Morgan fingerprint density at radius 2 is 2.32 bits per heavy atom. The Labute approximate surface area is 117 Å². The second kappa shape index (κ2) is 7.68. The summed E-state index contributed by atoms with van der Waals surface area (Å²) in [4.78, 5) is 4.43. The molecule has 0 aromatic carbocycles. The molecular weight excluding hydrogens is 234 g/mol. The van der Waals surface area contributed by atoms with Crippen molar-refractivity contribution in [2.24, 2.45) is 11.8 Å². The van der Waals surface area contributed by atoms with Gasteiger partial charge in [0, 0.05) is 18.9 Å². The van der Waals surface area contributed by atoms with Gasteiger partial charge in [-0.3, -0.25) is 0 Å². The Morgan fingerprint density at radius 1 is 1.42 bits per heavy atom. The summed E-state index contributed by atoms with van der Waals surface area (Å²) >= 11 is 0. The largest absolute Gasteiger partial charge is 0.334 e. The van der Waals surface area contributed by atoms with Crippen LogP contribution in [0.4, 0.5) is 0 Å². The van der Waals surface area contributed by atoms with Crippen LogP contribution in [0.3, 0.4) is 0 Å². The quantitative estimate of drug-likeness (QED) is 0.762. The Morgan fingerprint density at radius 3 is 3.11 bits per heavy atom. The minimum absolute atomic E-state index is 0.912. The molecule has 0 amide bonds. The average molecular weight is 263 g/mol. The molecule has 3 heteroatoms. The van der Waals surface area contributed by atoms with Crippen molar-refractivity contribution in [2.45, 2.75) is 65.5 Å². The van der Waals surface area contributed by atoms with Crippen LogP contribution in [-0.4, -0.2) is 16.1 Å². The highest BCUT2D eigenvalue weighted by atomic mass is 15.1. The molecule has 1 heterocycles. The van der Waals surface area contributed by atoms with Crippen LogP contribution in [0.25, 0.3) is 0 Å². The number of hydrogen-bond acceptors (Lipinski definition) is 2. The number of nitrogens with one attached hydrogen (secondary N) is 1. The van der Waals surface area contributed by atoms with Crippen molar-refractivity contribution in [1.29, 1.82) is 0 Å². The summed E-state index contributed by atoms with van der Waals surface area (Å²) in [7, 11) is 0. The zero-order valence-corrected chi connectivity index (χ0v) is 12.6. The highest BCUT2D eigenvalue weighted by molar-refractivity contribution is 4.91. The van der Waals surface area contributed by atoms with Crippen LogP contribution in [0.5, 0.6) is 0 Å². The molecule has 1 aromatic rings. The number of rotatable bonds is 7. The topological polar surface area (TPSA) is 29.9 Å². The van der Waals surface area contributed by atoms with E-state index < -0.39 is 0 Å². The third-order valence-corrected chi connectivity index (χ3v) is 4.32. The molecule has 1 aliphatic carbocycles. The molecule has 1 aromatic heterocycles. The normalized spacial score (nSPS) is 23.7. The van der Waals surface area contributed by atoms with Gasteiger partial charge in [-0.15, -0.1) is 0 Å². The fourth-order valence-corrected chi connectivity index (χ4v) is 3.28. The maximum absolute atomic E-state index is 4.43. The molecule has 2 unspecified atom stereocenters. The minimum atomic E-state index is 0.912. The van der Waals surface area contributed by atoms with E-state index >= 15 is 0 Å². The molecule has 1 saturated carbocycles. The van der Waals surface area contributed by atoms with Gasteiger partial charge in [0.15, 0.2) is 0 Å². The van der Waals surface area contributed by atoms with E-state index in [1.807, 2.05) is 6.20 Å². The zero-order valence-electron chi connectivity index (χ0n) is 12.6. The standard InChI is InChI=1S/C16H29N3/c1-3-10-19-11-9-18-16(19)13-17-8-7-15-6-4-5-14(2)12-15/h9,11,14-15,17H,3-8,10,12-13H2,1-2H3. The third kappa shape index (κ3) is 4.64. The van der Waals surface area contributed by atoms with Gasteiger partial charge in [0.05, 0.1) is 6.54 Å². The zero-order chi connectivity index (χ0) is 13.5. The van der Waals surface area contributed by atoms with Crippen LogP contribution >= 0.6 is 0 Å². The van der Waals surface area contributed by atoms with E-state index in [1.54, 1.807) is 0 Å². The molecule has 19 heavy (non-hydrogen) atoms. The third-order valence-electron chi connectivity index (χ3n) is 4.32. The maximum Gasteiger partial charge on any atom is 0.122 e. The number of aryl methyl sites for hydroxylation is 1. The fraction of sp³-hybridized carbons (Fsp3) is 0.812. The van der Waals surface area contributed by atoms with Crippen LogP contribution in [0.2, 0.25) is 0 Å². The lowest BCUT2D eigenvalue weighted by Gasteiger charge is -2.26. The molecule has 0 radical (unpaired) electrons. The summed E-state index contributed by atoms with van der Waals surface area (Å²) in [5.41, 5.74) is 0. The lowest BCUT2D eigenvalue weighted by molar-refractivity contribution is 0.267. The Balaban J connectivity index is 1.64. The van der Waals surface area contributed by atoms with Crippen molar-refractivity contribution in [3.63, 3.8) is 0 Å². The fourth-order valence-electron chi connectivity index (χ4n) is 3.28. The maximum atomic E-state index is 4.43. The first-order valence-corrected chi connectivity index (χ1v) is 8.00. The molecule has 3 nitrogen and oxygen atoms in total. The molecule has 0 saturated heterocycles. The van der Waals surface area contributed by atoms with Gasteiger partial charge in [-0.1, -0.05) is 33.1 Å². The van der Waals surface area contributed by atoms with Gasteiger partial charge in [0.2, 0.25) is 0 Å². The lowest BCUT2D eigenvalue weighted by atomic mass is 9.81. The van der Waals surface area contributed by atoms with Gasteiger partial charge in [-0.05, 0) is 37.6 Å². The van der Waals surface area contributed by atoms with E-state index in [1.165, 1.54) is 44.3 Å². The Hall–Kier alpha value is -0.830. The predicted octanol–water partition coefficient (Wildman–Crippen LogP) is 3.60. The van der Waals surface area contributed by atoms with Crippen molar-refractivity contribution in [1.82, 2.24) is 14.9 Å². The van der Waals surface area contributed by atoms with Gasteiger partial charge >= 0.3 is 0 Å². The van der Waals surface area contributed by atoms with Gasteiger partial charge in [-0.25, -0.2) is 4.98 Å². The summed E-state index contributed by atoms with van der Waals surface area (Å²) in [6, 6.07) is 0. The van der Waals surface area contributed by atoms with E-state index in [9.17, 15) is 0 Å². The molecule has 108 valence electrons. The van der Waals surface area contributed by atoms with Crippen molar-refractivity contribution in [3.05, 3.63) is 18.2 Å².